The van der Waals surface area contributed by atoms with Crippen molar-refractivity contribution in [2.75, 3.05) is 36.2 Å². The molecule has 3 heterocycles. The van der Waals surface area contributed by atoms with E-state index in [9.17, 15) is 5.11 Å². The van der Waals surface area contributed by atoms with E-state index in [0.29, 0.717) is 47.7 Å². The molecule has 0 aliphatic heterocycles. The minimum absolute atomic E-state index is 0.327. The Labute approximate surface area is 157 Å². The molecule has 142 valence electrons. The molecule has 0 bridgehead atoms. The molecule has 0 aliphatic rings. The summed E-state index contributed by atoms with van der Waals surface area (Å²) in [5, 5.41) is 16.0. The molecular formula is C17H23N9O. The molecule has 3 rings (SSSR count). The van der Waals surface area contributed by atoms with Gasteiger partial charge in [-0.2, -0.15) is 4.98 Å². The van der Waals surface area contributed by atoms with Crippen LogP contribution >= 0.6 is 0 Å². The zero-order valence-corrected chi connectivity index (χ0v) is 15.8. The molecule has 3 N–H and O–H groups in total. The molecular weight excluding hydrogens is 346 g/mol. The molecule has 3 aromatic heterocycles. The minimum atomic E-state index is -0.869. The van der Waals surface area contributed by atoms with E-state index in [-0.39, 0.29) is 0 Å². The third-order valence-corrected chi connectivity index (χ3v) is 3.55. The fraction of sp³-hybridized carbons (Fsp3) is 0.412. The first-order chi connectivity index (χ1) is 12.8. The molecule has 0 fully saturated rings. The topological polar surface area (TPSA) is 125 Å². The largest absolute Gasteiger partial charge is 0.389 e. The van der Waals surface area contributed by atoms with Gasteiger partial charge in [0, 0.05) is 33.0 Å². The van der Waals surface area contributed by atoms with Gasteiger partial charge in [-0.25, -0.2) is 24.9 Å². The minimum Gasteiger partial charge on any atom is -0.389 e. The lowest BCUT2D eigenvalue weighted by atomic mass is 10.1. The van der Waals surface area contributed by atoms with Gasteiger partial charge in [-0.15, -0.1) is 0 Å². The van der Waals surface area contributed by atoms with E-state index in [1.165, 1.54) is 0 Å². The van der Waals surface area contributed by atoms with E-state index in [1.54, 1.807) is 38.5 Å². The number of rotatable bonds is 7. The molecule has 0 aliphatic carbocycles. The third kappa shape index (κ3) is 4.94. The Morgan fingerprint density at radius 3 is 2.41 bits per heavy atom. The molecule has 10 heteroatoms. The van der Waals surface area contributed by atoms with Crippen LogP contribution in [-0.4, -0.2) is 61.3 Å². The highest BCUT2D eigenvalue weighted by molar-refractivity contribution is 5.86. The summed E-state index contributed by atoms with van der Waals surface area (Å²) >= 11 is 0. The number of nitrogens with zero attached hydrogens (tertiary/aromatic N) is 7. The monoisotopic (exact) mass is 369 g/mol. The predicted octanol–water partition coefficient (Wildman–Crippen LogP) is 1.07. The van der Waals surface area contributed by atoms with Crippen molar-refractivity contribution in [3.8, 4) is 0 Å². The van der Waals surface area contributed by atoms with Crippen LogP contribution in [0.3, 0.4) is 0 Å². The van der Waals surface area contributed by atoms with Crippen LogP contribution in [-0.2, 0) is 6.54 Å². The van der Waals surface area contributed by atoms with Crippen LogP contribution in [0, 0.1) is 0 Å². The number of hydrogen-bond acceptors (Lipinski definition) is 10. The number of hydrogen-bond donors (Lipinski definition) is 3. The second-order valence-corrected chi connectivity index (χ2v) is 6.88. The molecule has 0 saturated heterocycles. The molecule has 0 saturated carbocycles. The smallest absolute Gasteiger partial charge is 0.225 e. The first-order valence-electron chi connectivity index (χ1n) is 8.50. The summed E-state index contributed by atoms with van der Waals surface area (Å²) in [4.78, 5) is 28.0. The lowest BCUT2D eigenvalue weighted by molar-refractivity contribution is 0.0943. The number of fused-ring (bicyclic) bond motifs is 1. The maximum atomic E-state index is 9.86. The van der Waals surface area contributed by atoms with E-state index in [0.717, 1.165) is 0 Å². The third-order valence-electron chi connectivity index (χ3n) is 3.55. The normalized spacial score (nSPS) is 11.4. The van der Waals surface area contributed by atoms with Crippen molar-refractivity contribution in [3.63, 3.8) is 0 Å². The zero-order chi connectivity index (χ0) is 19.4. The van der Waals surface area contributed by atoms with Crippen LogP contribution in [0.2, 0.25) is 0 Å². The Hall–Kier alpha value is -3.14. The van der Waals surface area contributed by atoms with Crippen LogP contribution in [0.5, 0.6) is 0 Å². The van der Waals surface area contributed by atoms with Gasteiger partial charge in [-0.3, -0.25) is 0 Å². The van der Waals surface area contributed by atoms with Crippen molar-refractivity contribution in [3.05, 3.63) is 30.5 Å². The maximum absolute atomic E-state index is 9.86. The zero-order valence-electron chi connectivity index (χ0n) is 15.8. The van der Waals surface area contributed by atoms with E-state index in [1.807, 2.05) is 19.0 Å². The lowest BCUT2D eigenvalue weighted by Crippen LogP contribution is -2.30. The SMILES string of the molecule is CN(C)c1nc(NCc2ncccn2)nc2cnc(NCC(C)(C)O)nc12. The van der Waals surface area contributed by atoms with Crippen molar-refractivity contribution >= 4 is 28.7 Å². The van der Waals surface area contributed by atoms with Gasteiger partial charge in [0.05, 0.1) is 18.3 Å². The number of aromatic nitrogens is 6. The van der Waals surface area contributed by atoms with Crippen molar-refractivity contribution in [2.45, 2.75) is 26.0 Å². The number of anilines is 3. The van der Waals surface area contributed by atoms with Gasteiger partial charge in [0.15, 0.2) is 5.82 Å². The first kappa shape index (κ1) is 18.6. The summed E-state index contributed by atoms with van der Waals surface area (Å²) in [6.07, 6.45) is 5.01. The number of aliphatic hydroxyl groups is 1. The Balaban J connectivity index is 1.87. The van der Waals surface area contributed by atoms with Gasteiger partial charge >= 0.3 is 0 Å². The average molecular weight is 369 g/mol. The van der Waals surface area contributed by atoms with Crippen molar-refractivity contribution < 1.29 is 5.11 Å². The van der Waals surface area contributed by atoms with Crippen molar-refractivity contribution in [1.82, 2.24) is 29.9 Å². The van der Waals surface area contributed by atoms with E-state index < -0.39 is 5.60 Å². The summed E-state index contributed by atoms with van der Waals surface area (Å²) in [5.74, 6) is 2.16. The van der Waals surface area contributed by atoms with Gasteiger partial charge in [0.2, 0.25) is 11.9 Å². The lowest BCUT2D eigenvalue weighted by Gasteiger charge is -2.18. The second kappa shape index (κ2) is 7.62. The molecule has 10 nitrogen and oxygen atoms in total. The number of nitrogens with one attached hydrogen (secondary N) is 2. The van der Waals surface area contributed by atoms with Gasteiger partial charge in [-0.05, 0) is 19.9 Å². The Bertz CT molecular complexity index is 909. The molecule has 0 spiro atoms. The van der Waals surface area contributed by atoms with Crippen LogP contribution in [0.1, 0.15) is 19.7 Å². The fourth-order valence-electron chi connectivity index (χ4n) is 2.26. The maximum Gasteiger partial charge on any atom is 0.225 e. The summed E-state index contributed by atoms with van der Waals surface area (Å²) < 4.78 is 0. The average Bonchev–Trinajstić information content (AvgIpc) is 2.64. The van der Waals surface area contributed by atoms with E-state index in [4.69, 9.17) is 0 Å². The Morgan fingerprint density at radius 2 is 1.74 bits per heavy atom. The van der Waals surface area contributed by atoms with Crippen LogP contribution < -0.4 is 15.5 Å². The van der Waals surface area contributed by atoms with Gasteiger partial charge in [-0.1, -0.05) is 0 Å². The summed E-state index contributed by atoms with van der Waals surface area (Å²) in [6.45, 7) is 4.16. The molecule has 0 radical (unpaired) electrons. The van der Waals surface area contributed by atoms with Crippen LogP contribution in [0.4, 0.5) is 17.7 Å². The highest BCUT2D eigenvalue weighted by Gasteiger charge is 2.15. The molecule has 0 aromatic carbocycles. The van der Waals surface area contributed by atoms with Crippen LogP contribution in [0.25, 0.3) is 11.0 Å². The van der Waals surface area contributed by atoms with E-state index in [2.05, 4.69) is 40.5 Å². The van der Waals surface area contributed by atoms with Gasteiger partial charge in [0.25, 0.3) is 0 Å². The van der Waals surface area contributed by atoms with Gasteiger partial charge in [0.1, 0.15) is 16.9 Å². The standard InChI is InChI=1S/C17H23N9O/c1-17(2,27)10-22-15-20-8-11-13(24-15)14(26(3)4)25-16(23-11)21-9-12-18-6-5-7-19-12/h5-8,27H,9-10H2,1-4H3,(H,20,22,24)(H,21,23,25). The molecule has 0 amide bonds. The fourth-order valence-corrected chi connectivity index (χ4v) is 2.26. The highest BCUT2D eigenvalue weighted by atomic mass is 16.3. The predicted molar refractivity (Wildman–Crippen MR) is 104 cm³/mol. The molecule has 0 unspecified atom stereocenters. The quantitative estimate of drug-likeness (QED) is 0.557. The molecule has 27 heavy (non-hydrogen) atoms. The van der Waals surface area contributed by atoms with E-state index >= 15 is 0 Å². The first-order valence-corrected chi connectivity index (χ1v) is 8.50. The second-order valence-electron chi connectivity index (χ2n) is 6.88. The van der Waals surface area contributed by atoms with Crippen molar-refractivity contribution in [1.29, 1.82) is 0 Å². The highest BCUT2D eigenvalue weighted by Crippen LogP contribution is 2.23. The Kier molecular flexibility index (Phi) is 5.26. The van der Waals surface area contributed by atoms with Crippen molar-refractivity contribution in [2.24, 2.45) is 0 Å². The molecule has 0 atom stereocenters. The summed E-state index contributed by atoms with van der Waals surface area (Å²) in [7, 11) is 3.77. The Morgan fingerprint density at radius 1 is 1.00 bits per heavy atom. The van der Waals surface area contributed by atoms with Gasteiger partial charge < -0.3 is 20.6 Å². The van der Waals surface area contributed by atoms with Crippen LogP contribution in [0.15, 0.2) is 24.7 Å². The molecule has 3 aromatic rings. The summed E-state index contributed by atoms with van der Waals surface area (Å²) in [6, 6.07) is 1.76. The summed E-state index contributed by atoms with van der Waals surface area (Å²) in [5.41, 5.74) is 0.362.